The van der Waals surface area contributed by atoms with Gasteiger partial charge in [0.25, 0.3) is 5.91 Å². The lowest BCUT2D eigenvalue weighted by Crippen LogP contribution is -2.40. The molecule has 4 nitrogen and oxygen atoms in total. The van der Waals surface area contributed by atoms with Gasteiger partial charge in [0.1, 0.15) is 11.9 Å². The van der Waals surface area contributed by atoms with Gasteiger partial charge < -0.3 is 10.0 Å². The maximum Gasteiger partial charge on any atom is 0.326 e. The Bertz CT molecular complexity index is 518. The molecule has 1 atom stereocenters. The van der Waals surface area contributed by atoms with E-state index >= 15 is 0 Å². The molecule has 1 fully saturated rings. The van der Waals surface area contributed by atoms with Gasteiger partial charge in [0.15, 0.2) is 0 Å². The van der Waals surface area contributed by atoms with Crippen molar-refractivity contribution in [1.29, 1.82) is 0 Å². The Morgan fingerprint density at radius 1 is 1.32 bits per heavy atom. The summed E-state index contributed by atoms with van der Waals surface area (Å²) in [5, 5.41) is 9.08. The standard InChI is InChI=1S/C14H16FNO3/c1-8-6-10(7-9(2)12(8)15)13(17)16-5-3-4-11(16)14(18)19/h6-7,11H,3-5H2,1-2H3,(H,18,19). The van der Waals surface area contributed by atoms with Gasteiger partial charge in [-0.3, -0.25) is 4.79 Å². The molecule has 0 bridgehead atoms. The van der Waals surface area contributed by atoms with Gasteiger partial charge in [-0.1, -0.05) is 0 Å². The third-order valence-corrected chi connectivity index (χ3v) is 3.48. The van der Waals surface area contributed by atoms with E-state index in [1.54, 1.807) is 13.8 Å². The number of nitrogens with zero attached hydrogens (tertiary/aromatic N) is 1. The van der Waals surface area contributed by atoms with Crippen LogP contribution in [0.15, 0.2) is 12.1 Å². The molecule has 2 rings (SSSR count). The van der Waals surface area contributed by atoms with Gasteiger partial charge in [-0.05, 0) is 49.9 Å². The van der Waals surface area contributed by atoms with Gasteiger partial charge >= 0.3 is 5.97 Å². The van der Waals surface area contributed by atoms with Gasteiger partial charge in [0, 0.05) is 12.1 Å². The SMILES string of the molecule is Cc1cc(C(=O)N2CCCC2C(=O)O)cc(C)c1F. The first kappa shape index (κ1) is 13.5. The first-order chi connectivity index (χ1) is 8.91. The van der Waals surface area contributed by atoms with E-state index in [9.17, 15) is 14.0 Å². The number of benzene rings is 1. The number of aliphatic carboxylic acids is 1. The van der Waals surface area contributed by atoms with Crippen LogP contribution in [-0.4, -0.2) is 34.5 Å². The molecule has 102 valence electrons. The number of carboxylic acid groups (broad SMARTS) is 1. The Morgan fingerprint density at radius 2 is 1.89 bits per heavy atom. The number of hydrogen-bond donors (Lipinski definition) is 1. The van der Waals surface area contributed by atoms with Crippen molar-refractivity contribution in [3.05, 3.63) is 34.6 Å². The first-order valence-corrected chi connectivity index (χ1v) is 6.22. The lowest BCUT2D eigenvalue weighted by Gasteiger charge is -2.22. The third-order valence-electron chi connectivity index (χ3n) is 3.48. The lowest BCUT2D eigenvalue weighted by atomic mass is 10.1. The van der Waals surface area contributed by atoms with Crippen molar-refractivity contribution in [1.82, 2.24) is 4.90 Å². The molecule has 0 saturated carbocycles. The topological polar surface area (TPSA) is 57.6 Å². The summed E-state index contributed by atoms with van der Waals surface area (Å²) in [7, 11) is 0. The smallest absolute Gasteiger partial charge is 0.326 e. The van der Waals surface area contributed by atoms with E-state index in [0.29, 0.717) is 36.1 Å². The van der Waals surface area contributed by atoms with Crippen LogP contribution in [0, 0.1) is 19.7 Å². The van der Waals surface area contributed by atoms with Crippen LogP contribution in [0.2, 0.25) is 0 Å². The van der Waals surface area contributed by atoms with E-state index in [-0.39, 0.29) is 11.7 Å². The minimum absolute atomic E-state index is 0.326. The second-order valence-corrected chi connectivity index (χ2v) is 4.92. The molecule has 1 aromatic carbocycles. The summed E-state index contributed by atoms with van der Waals surface area (Å²) in [5.74, 6) is -1.65. The molecule has 1 aliphatic rings. The number of halogens is 1. The maximum absolute atomic E-state index is 13.5. The van der Waals surface area contributed by atoms with Crippen LogP contribution < -0.4 is 0 Å². The maximum atomic E-state index is 13.5. The van der Waals surface area contributed by atoms with E-state index < -0.39 is 12.0 Å². The van der Waals surface area contributed by atoms with Crippen molar-refractivity contribution >= 4 is 11.9 Å². The molecule has 1 aromatic rings. The van der Waals surface area contributed by atoms with E-state index in [1.165, 1.54) is 17.0 Å². The van der Waals surface area contributed by atoms with Crippen LogP contribution in [-0.2, 0) is 4.79 Å². The fraction of sp³-hybridized carbons (Fsp3) is 0.429. The van der Waals surface area contributed by atoms with Crippen molar-refractivity contribution in [2.45, 2.75) is 32.7 Å². The molecule has 0 spiro atoms. The van der Waals surface area contributed by atoms with Crippen LogP contribution in [0.1, 0.15) is 34.3 Å². The average molecular weight is 265 g/mol. The Hall–Kier alpha value is -1.91. The summed E-state index contributed by atoms with van der Waals surface area (Å²) >= 11 is 0. The molecule has 19 heavy (non-hydrogen) atoms. The summed E-state index contributed by atoms with van der Waals surface area (Å²) in [6.07, 6.45) is 1.15. The Balaban J connectivity index is 2.32. The molecule has 1 amide bonds. The molecule has 0 radical (unpaired) electrons. The first-order valence-electron chi connectivity index (χ1n) is 6.22. The van der Waals surface area contributed by atoms with Gasteiger partial charge in [-0.15, -0.1) is 0 Å². The van der Waals surface area contributed by atoms with E-state index in [4.69, 9.17) is 5.11 Å². The number of amides is 1. The summed E-state index contributed by atoms with van der Waals surface area (Å²) in [6, 6.07) is 2.18. The second-order valence-electron chi connectivity index (χ2n) is 4.92. The number of carboxylic acids is 1. The van der Waals surface area contributed by atoms with Gasteiger partial charge in [0.05, 0.1) is 0 Å². The van der Waals surface area contributed by atoms with Gasteiger partial charge in [-0.25, -0.2) is 9.18 Å². The minimum atomic E-state index is -0.985. The highest BCUT2D eigenvalue weighted by molar-refractivity contribution is 5.97. The van der Waals surface area contributed by atoms with Crippen LogP contribution in [0.3, 0.4) is 0 Å². The lowest BCUT2D eigenvalue weighted by molar-refractivity contribution is -0.141. The third kappa shape index (κ3) is 2.45. The van der Waals surface area contributed by atoms with Crippen molar-refractivity contribution in [3.8, 4) is 0 Å². The van der Waals surface area contributed by atoms with Crippen LogP contribution >= 0.6 is 0 Å². The summed E-state index contributed by atoms with van der Waals surface area (Å²) in [6.45, 7) is 3.63. The number of hydrogen-bond acceptors (Lipinski definition) is 2. The quantitative estimate of drug-likeness (QED) is 0.891. The van der Waals surface area contributed by atoms with Crippen LogP contribution in [0.5, 0.6) is 0 Å². The molecule has 5 heteroatoms. The monoisotopic (exact) mass is 265 g/mol. The van der Waals surface area contributed by atoms with Gasteiger partial charge in [-0.2, -0.15) is 0 Å². The normalized spacial score (nSPS) is 18.7. The zero-order valence-corrected chi connectivity index (χ0v) is 10.9. The Kier molecular flexibility index (Phi) is 3.55. The van der Waals surface area contributed by atoms with Gasteiger partial charge in [0.2, 0.25) is 0 Å². The fourth-order valence-electron chi connectivity index (χ4n) is 2.50. The summed E-state index contributed by atoms with van der Waals surface area (Å²) in [5.41, 5.74) is 1.15. The number of aryl methyl sites for hydroxylation is 2. The minimum Gasteiger partial charge on any atom is -0.480 e. The molecule has 0 aromatic heterocycles. The Labute approximate surface area is 110 Å². The molecule has 1 unspecified atom stereocenters. The van der Waals surface area contributed by atoms with Crippen LogP contribution in [0.25, 0.3) is 0 Å². The summed E-state index contributed by atoms with van der Waals surface area (Å²) < 4.78 is 13.5. The predicted molar refractivity (Wildman–Crippen MR) is 67.6 cm³/mol. The van der Waals surface area contributed by atoms with Crippen molar-refractivity contribution in [2.24, 2.45) is 0 Å². The highest BCUT2D eigenvalue weighted by Crippen LogP contribution is 2.22. The fourth-order valence-corrected chi connectivity index (χ4v) is 2.50. The predicted octanol–water partition coefficient (Wildman–Crippen LogP) is 2.13. The number of rotatable bonds is 2. The number of carbonyl (C=O) groups is 2. The van der Waals surface area contributed by atoms with E-state index in [0.717, 1.165) is 0 Å². The summed E-state index contributed by atoms with van der Waals surface area (Å²) in [4.78, 5) is 24.8. The molecule has 1 N–H and O–H groups in total. The molecule has 1 aliphatic heterocycles. The molecule has 1 saturated heterocycles. The molecular weight excluding hydrogens is 249 g/mol. The van der Waals surface area contributed by atoms with E-state index in [2.05, 4.69) is 0 Å². The van der Waals surface area contributed by atoms with Crippen LogP contribution in [0.4, 0.5) is 4.39 Å². The highest BCUT2D eigenvalue weighted by atomic mass is 19.1. The number of carbonyl (C=O) groups excluding carboxylic acids is 1. The molecule has 0 aliphatic carbocycles. The van der Waals surface area contributed by atoms with Crippen molar-refractivity contribution in [3.63, 3.8) is 0 Å². The largest absolute Gasteiger partial charge is 0.480 e. The van der Waals surface area contributed by atoms with E-state index in [1.807, 2.05) is 0 Å². The number of likely N-dealkylation sites (tertiary alicyclic amines) is 1. The van der Waals surface area contributed by atoms with Crippen molar-refractivity contribution in [2.75, 3.05) is 6.54 Å². The molecule has 1 heterocycles. The Morgan fingerprint density at radius 3 is 2.42 bits per heavy atom. The molecular formula is C14H16FNO3. The second kappa shape index (κ2) is 4.99. The van der Waals surface area contributed by atoms with Crippen molar-refractivity contribution < 1.29 is 19.1 Å². The zero-order valence-electron chi connectivity index (χ0n) is 10.9. The average Bonchev–Trinajstić information content (AvgIpc) is 2.83. The highest BCUT2D eigenvalue weighted by Gasteiger charge is 2.34. The zero-order chi connectivity index (χ0) is 14.2.